The van der Waals surface area contributed by atoms with Crippen molar-refractivity contribution >= 4 is 45.8 Å². The molecular formula is C20H20Cl2N4O. The Morgan fingerprint density at radius 3 is 2.78 bits per heavy atom. The average molecular weight is 403 g/mol. The van der Waals surface area contributed by atoms with E-state index in [0.29, 0.717) is 15.9 Å². The molecule has 0 saturated carbocycles. The topological polar surface area (TPSA) is 61.0 Å². The van der Waals surface area contributed by atoms with Crippen molar-refractivity contribution in [1.82, 2.24) is 15.1 Å². The number of aromatic amines is 1. The van der Waals surface area contributed by atoms with Gasteiger partial charge in [0.2, 0.25) is 5.91 Å². The zero-order valence-corrected chi connectivity index (χ0v) is 16.4. The molecule has 1 fully saturated rings. The Labute approximate surface area is 167 Å². The number of halogens is 2. The summed E-state index contributed by atoms with van der Waals surface area (Å²) in [4.78, 5) is 14.9. The van der Waals surface area contributed by atoms with Gasteiger partial charge in [-0.05, 0) is 56.7 Å². The lowest BCUT2D eigenvalue weighted by Gasteiger charge is -2.27. The highest BCUT2D eigenvalue weighted by atomic mass is 35.5. The van der Waals surface area contributed by atoms with E-state index in [1.54, 1.807) is 6.07 Å². The predicted octanol–water partition coefficient (Wildman–Crippen LogP) is 4.82. The van der Waals surface area contributed by atoms with Crippen molar-refractivity contribution in [1.29, 1.82) is 0 Å². The summed E-state index contributed by atoms with van der Waals surface area (Å²) >= 11 is 12.5. The summed E-state index contributed by atoms with van der Waals surface area (Å²) in [5, 5.41) is 12.1. The lowest BCUT2D eigenvalue weighted by Crippen LogP contribution is -2.36. The van der Waals surface area contributed by atoms with E-state index in [0.717, 1.165) is 48.0 Å². The maximum absolute atomic E-state index is 12.6. The van der Waals surface area contributed by atoms with Gasteiger partial charge in [0, 0.05) is 16.9 Å². The summed E-state index contributed by atoms with van der Waals surface area (Å²) < 4.78 is 0. The number of hydrogen-bond donors (Lipinski definition) is 2. The number of anilines is 1. The lowest BCUT2D eigenvalue weighted by atomic mass is 9.96. The van der Waals surface area contributed by atoms with Crippen molar-refractivity contribution in [3.63, 3.8) is 0 Å². The van der Waals surface area contributed by atoms with Gasteiger partial charge in [-0.2, -0.15) is 5.10 Å². The molecule has 0 atom stereocenters. The molecule has 2 heterocycles. The predicted molar refractivity (Wildman–Crippen MR) is 110 cm³/mol. The fourth-order valence-electron chi connectivity index (χ4n) is 3.49. The summed E-state index contributed by atoms with van der Waals surface area (Å²) in [5.74, 6) is 0.607. The van der Waals surface area contributed by atoms with Gasteiger partial charge in [0.15, 0.2) is 5.82 Å². The molecule has 0 spiro atoms. The SMILES string of the molecule is CN1CCC(C(=O)Nc2n[nH]c3ccc(-c4cccc(Cl)c4Cl)cc23)CC1. The van der Waals surface area contributed by atoms with Gasteiger partial charge in [0.05, 0.1) is 15.6 Å². The van der Waals surface area contributed by atoms with E-state index in [1.165, 1.54) is 0 Å². The van der Waals surface area contributed by atoms with Crippen LogP contribution in [0, 0.1) is 5.92 Å². The van der Waals surface area contributed by atoms with Crippen molar-refractivity contribution in [2.45, 2.75) is 12.8 Å². The van der Waals surface area contributed by atoms with Gasteiger partial charge in [-0.1, -0.05) is 41.4 Å². The van der Waals surface area contributed by atoms with E-state index in [4.69, 9.17) is 23.2 Å². The number of hydrogen-bond acceptors (Lipinski definition) is 3. The molecule has 0 bridgehead atoms. The smallest absolute Gasteiger partial charge is 0.228 e. The summed E-state index contributed by atoms with van der Waals surface area (Å²) in [5.41, 5.74) is 2.63. The summed E-state index contributed by atoms with van der Waals surface area (Å²) in [6.45, 7) is 1.88. The second-order valence-corrected chi connectivity index (χ2v) is 7.79. The van der Waals surface area contributed by atoms with Gasteiger partial charge >= 0.3 is 0 Å². The Kier molecular flexibility index (Phi) is 5.08. The van der Waals surface area contributed by atoms with Crippen LogP contribution in [0.3, 0.4) is 0 Å². The fourth-order valence-corrected chi connectivity index (χ4v) is 3.90. The maximum Gasteiger partial charge on any atom is 0.228 e. The molecule has 0 unspecified atom stereocenters. The number of likely N-dealkylation sites (tertiary alicyclic amines) is 1. The fraction of sp³-hybridized carbons (Fsp3) is 0.300. The molecule has 0 aliphatic carbocycles. The van der Waals surface area contributed by atoms with Crippen LogP contribution >= 0.6 is 23.2 Å². The van der Waals surface area contributed by atoms with Crippen molar-refractivity contribution < 1.29 is 4.79 Å². The summed E-state index contributed by atoms with van der Waals surface area (Å²) in [6.07, 6.45) is 1.74. The molecule has 5 nitrogen and oxygen atoms in total. The van der Waals surface area contributed by atoms with Crippen LogP contribution in [0.5, 0.6) is 0 Å². The highest BCUT2D eigenvalue weighted by Gasteiger charge is 2.24. The third-order valence-corrected chi connectivity index (χ3v) is 5.98. The molecule has 1 aliphatic rings. The molecule has 2 N–H and O–H groups in total. The molecule has 3 aromatic rings. The number of amides is 1. The van der Waals surface area contributed by atoms with Crippen LogP contribution in [0.15, 0.2) is 36.4 Å². The Hall–Kier alpha value is -2.08. The standard InChI is InChI=1S/C20H20Cl2N4O/c1-26-9-7-12(8-10-26)20(27)23-19-15-11-13(5-6-17(15)24-25-19)14-3-2-4-16(21)18(14)22/h2-6,11-12H,7-10H2,1H3,(H2,23,24,25,27). The first-order chi connectivity index (χ1) is 13.0. The molecule has 1 aliphatic heterocycles. The number of nitrogens with one attached hydrogen (secondary N) is 2. The van der Waals surface area contributed by atoms with Gasteiger partial charge in [-0.3, -0.25) is 9.89 Å². The number of carbonyl (C=O) groups is 1. The van der Waals surface area contributed by atoms with Gasteiger partial charge in [0.25, 0.3) is 0 Å². The van der Waals surface area contributed by atoms with Crippen molar-refractivity contribution in [2.24, 2.45) is 5.92 Å². The molecule has 1 aromatic heterocycles. The van der Waals surface area contributed by atoms with E-state index >= 15 is 0 Å². The highest BCUT2D eigenvalue weighted by molar-refractivity contribution is 6.43. The minimum atomic E-state index is 0.0264. The largest absolute Gasteiger partial charge is 0.308 e. The number of benzene rings is 2. The molecular weight excluding hydrogens is 383 g/mol. The van der Waals surface area contributed by atoms with Crippen LogP contribution in [0.25, 0.3) is 22.0 Å². The Balaban J connectivity index is 1.63. The molecule has 4 rings (SSSR count). The highest BCUT2D eigenvalue weighted by Crippen LogP contribution is 2.35. The van der Waals surface area contributed by atoms with Crippen LogP contribution in [0.4, 0.5) is 5.82 Å². The number of rotatable bonds is 3. The number of H-pyrrole nitrogens is 1. The normalized spacial score (nSPS) is 16.0. The zero-order valence-electron chi connectivity index (χ0n) is 14.9. The van der Waals surface area contributed by atoms with Crippen LogP contribution in [-0.2, 0) is 4.79 Å². The molecule has 27 heavy (non-hydrogen) atoms. The van der Waals surface area contributed by atoms with Gasteiger partial charge in [-0.25, -0.2) is 0 Å². The first-order valence-corrected chi connectivity index (χ1v) is 9.70. The first kappa shape index (κ1) is 18.3. The number of piperidine rings is 1. The monoisotopic (exact) mass is 402 g/mol. The zero-order chi connectivity index (χ0) is 19.0. The number of nitrogens with zero attached hydrogens (tertiary/aromatic N) is 2. The first-order valence-electron chi connectivity index (χ1n) is 8.95. The van der Waals surface area contributed by atoms with Crippen molar-refractivity contribution in [3.05, 3.63) is 46.4 Å². The van der Waals surface area contributed by atoms with Crippen LogP contribution in [-0.4, -0.2) is 41.1 Å². The van der Waals surface area contributed by atoms with E-state index in [2.05, 4.69) is 27.5 Å². The number of carbonyl (C=O) groups excluding carboxylic acids is 1. The van der Waals surface area contributed by atoms with E-state index in [9.17, 15) is 4.79 Å². The molecule has 2 aromatic carbocycles. The van der Waals surface area contributed by atoms with E-state index < -0.39 is 0 Å². The second kappa shape index (κ2) is 7.50. The van der Waals surface area contributed by atoms with Crippen LogP contribution < -0.4 is 5.32 Å². The van der Waals surface area contributed by atoms with E-state index in [-0.39, 0.29) is 11.8 Å². The van der Waals surface area contributed by atoms with Gasteiger partial charge in [0.1, 0.15) is 0 Å². The van der Waals surface area contributed by atoms with Gasteiger partial charge < -0.3 is 10.2 Å². The van der Waals surface area contributed by atoms with Crippen molar-refractivity contribution in [2.75, 3.05) is 25.5 Å². The second-order valence-electron chi connectivity index (χ2n) is 7.00. The van der Waals surface area contributed by atoms with Gasteiger partial charge in [-0.15, -0.1) is 0 Å². The number of fused-ring (bicyclic) bond motifs is 1. The van der Waals surface area contributed by atoms with E-state index in [1.807, 2.05) is 30.3 Å². The Bertz CT molecular complexity index is 993. The Morgan fingerprint density at radius 2 is 2.00 bits per heavy atom. The van der Waals surface area contributed by atoms with Crippen LogP contribution in [0.1, 0.15) is 12.8 Å². The summed E-state index contributed by atoms with van der Waals surface area (Å²) in [6, 6.07) is 11.4. The lowest BCUT2D eigenvalue weighted by molar-refractivity contribution is -0.121. The molecule has 140 valence electrons. The summed E-state index contributed by atoms with van der Waals surface area (Å²) in [7, 11) is 2.08. The molecule has 7 heteroatoms. The molecule has 0 radical (unpaired) electrons. The third-order valence-electron chi connectivity index (χ3n) is 5.16. The maximum atomic E-state index is 12.6. The average Bonchev–Trinajstić information content (AvgIpc) is 3.06. The minimum absolute atomic E-state index is 0.0264. The number of aromatic nitrogens is 2. The molecule has 1 amide bonds. The molecule has 1 saturated heterocycles. The third kappa shape index (κ3) is 3.68. The van der Waals surface area contributed by atoms with Crippen molar-refractivity contribution in [3.8, 4) is 11.1 Å². The minimum Gasteiger partial charge on any atom is -0.308 e. The quantitative estimate of drug-likeness (QED) is 0.660. The Morgan fingerprint density at radius 1 is 1.22 bits per heavy atom. The van der Waals surface area contributed by atoms with Crippen LogP contribution in [0.2, 0.25) is 10.0 Å².